The second-order valence-electron chi connectivity index (χ2n) is 8.97. The van der Waals surface area contributed by atoms with E-state index in [-0.39, 0.29) is 34.1 Å². The van der Waals surface area contributed by atoms with Crippen LogP contribution in [0.1, 0.15) is 59.3 Å². The molecule has 0 aromatic carbocycles. The predicted molar refractivity (Wildman–Crippen MR) is 258 cm³/mol. The van der Waals surface area contributed by atoms with E-state index in [9.17, 15) is 171 Å². The SMILES string of the molecule is C.CC(F)(F)C(CF)(CF)C(F)F.CF.CF.CF.CF.CF.CF.CF.CF.CF.CF.CF.CF.CF.CF.CF.CF.CF.FCCC(F)(F)C(F)(F)CCF.FCCC(F)(F)OC(F)(F)CCF.FCCCCF.FCCCF. The van der Waals surface area contributed by atoms with Crippen LogP contribution in [0.15, 0.2) is 0 Å². The number of hydrogen-bond acceptors (Lipinski definition) is 1. The molecule has 0 rings (SSSR count). The Balaban J connectivity index is -0.0000000231. The molecule has 0 aliphatic rings. The van der Waals surface area contributed by atoms with Gasteiger partial charge in [0.25, 0.3) is 12.3 Å². The molecule has 0 unspecified atom stereocenters. The second kappa shape index (κ2) is 165. The number of rotatable bonds is 20. The lowest BCUT2D eigenvalue weighted by molar-refractivity contribution is -0.378. The Morgan fingerprint density at radius 1 is 0.265 bits per heavy atom. The lowest BCUT2D eigenvalue weighted by Crippen LogP contribution is -2.48. The number of alkyl halides is 39. The van der Waals surface area contributed by atoms with E-state index in [0.29, 0.717) is 135 Å². The van der Waals surface area contributed by atoms with Gasteiger partial charge in [0.1, 0.15) is 13.3 Å². The van der Waals surface area contributed by atoms with Gasteiger partial charge in [-0.2, -0.15) is 35.1 Å². The van der Waals surface area contributed by atoms with Crippen LogP contribution in [0.25, 0.3) is 0 Å². The Hall–Kier alpha value is -2.77. The first-order valence-electron chi connectivity index (χ1n) is 19.7. The average Bonchev–Trinajstić information content (AvgIpc) is 3.51. The highest BCUT2D eigenvalue weighted by atomic mass is 19.3. The van der Waals surface area contributed by atoms with Gasteiger partial charge in [0.15, 0.2) is 5.41 Å². The summed E-state index contributed by atoms with van der Waals surface area (Å²) in [5.74, 6) is -13.0. The Kier molecular flexibility index (Phi) is 305. The number of hydrogen-bond donors (Lipinski definition) is 0. The number of ether oxygens (including phenoxy) is 1. The molecule has 0 N–H and O–H groups in total. The summed E-state index contributed by atoms with van der Waals surface area (Å²) >= 11 is 0. The molecule has 83 heavy (non-hydrogen) atoms. The van der Waals surface area contributed by atoms with E-state index >= 15 is 0 Å². The molecule has 544 valence electrons. The van der Waals surface area contributed by atoms with Crippen molar-refractivity contribution >= 4 is 0 Å². The third kappa shape index (κ3) is 161. The van der Waals surface area contributed by atoms with Gasteiger partial charge < -0.3 is 0 Å². The minimum Gasteiger partial charge on any atom is -0.255 e. The van der Waals surface area contributed by atoms with E-state index in [1.165, 1.54) is 0 Å². The molecule has 0 spiro atoms. The molecule has 0 aromatic rings. The van der Waals surface area contributed by atoms with Crippen LogP contribution < -0.4 is 0 Å². The van der Waals surface area contributed by atoms with Gasteiger partial charge in [-0.3, -0.25) is 114 Å². The van der Waals surface area contributed by atoms with Gasteiger partial charge in [-0.15, -0.1) is 0 Å². The maximum Gasteiger partial charge on any atom is 0.362 e. The molecule has 1 nitrogen and oxygen atoms in total. The van der Waals surface area contributed by atoms with E-state index < -0.39 is 121 Å². The molecule has 40 heteroatoms. The van der Waals surface area contributed by atoms with Crippen molar-refractivity contribution in [2.45, 2.75) is 95.7 Å². The molecule has 0 aliphatic carbocycles. The van der Waals surface area contributed by atoms with Crippen molar-refractivity contribution in [3.63, 3.8) is 0 Å². The smallest absolute Gasteiger partial charge is 0.255 e. The lowest BCUT2D eigenvalue weighted by atomic mass is 9.85. The highest BCUT2D eigenvalue weighted by Gasteiger charge is 2.58. The quantitative estimate of drug-likeness (QED) is 0.0872. The van der Waals surface area contributed by atoms with E-state index in [2.05, 4.69) is 4.74 Å². The van der Waals surface area contributed by atoms with Crippen LogP contribution in [0.4, 0.5) is 171 Å². The molecule has 0 heterocycles. The Morgan fingerprint density at radius 2 is 0.422 bits per heavy atom. The van der Waals surface area contributed by atoms with Gasteiger partial charge in [-0.1, -0.05) is 7.43 Å². The maximum absolute atomic E-state index is 12.3. The normalized spacial score (nSPS) is 8.46. The summed E-state index contributed by atoms with van der Waals surface area (Å²) in [5, 5.41) is 0. The van der Waals surface area contributed by atoms with E-state index in [4.69, 9.17) is 0 Å². The Bertz CT molecular complexity index is 683. The highest BCUT2D eigenvalue weighted by molar-refractivity contribution is 4.91. The largest absolute Gasteiger partial charge is 0.362 e. The van der Waals surface area contributed by atoms with Crippen molar-refractivity contribution in [1.29, 1.82) is 0 Å². The van der Waals surface area contributed by atoms with Crippen LogP contribution in [0.5, 0.6) is 0 Å². The predicted octanol–water partition coefficient (Wildman–Crippen LogP) is 22.3. The summed E-state index contributed by atoms with van der Waals surface area (Å²) in [4.78, 5) is 0. The fourth-order valence-corrected chi connectivity index (χ4v) is 1.96. The number of halogens is 39. The lowest BCUT2D eigenvalue weighted by Gasteiger charge is -2.32. The van der Waals surface area contributed by atoms with Gasteiger partial charge in [0.2, 0.25) is 0 Å². The summed E-state index contributed by atoms with van der Waals surface area (Å²) in [6.45, 7) is -12.0. The van der Waals surface area contributed by atoms with E-state index in [1.807, 2.05) is 0 Å². The zero-order chi connectivity index (χ0) is 73.3. The van der Waals surface area contributed by atoms with Crippen LogP contribution in [0, 0.1) is 5.41 Å². The van der Waals surface area contributed by atoms with Crippen molar-refractivity contribution in [1.82, 2.24) is 0 Å². The highest BCUT2D eigenvalue weighted by Crippen LogP contribution is 2.43. The first kappa shape index (κ1) is 154. The molecule has 0 saturated carbocycles. The fraction of sp³-hybridized carbons (Fsp3) is 1.00. The Labute approximate surface area is 466 Å². The van der Waals surface area contributed by atoms with Crippen LogP contribution >= 0.6 is 0 Å². The first-order valence-corrected chi connectivity index (χ1v) is 19.7. The van der Waals surface area contributed by atoms with Crippen molar-refractivity contribution in [3.8, 4) is 0 Å². The van der Waals surface area contributed by atoms with Crippen LogP contribution in [0.3, 0.4) is 0 Å². The standard InChI is InChI=1S/C6H8F6O.2C6H8F6.C4H8F2.C3H6F2.17CH3F.CH4/c7-3-1-5(9,10)13-6(11,12)2-4-8;1-5(11,12)6(2-7,3-8)4(9)10;7-3-1-5(9,10)6(11,12)2-4-8;5-3-1-2-4-6;4-2-1-3-5;17*1-2;/h1-4H2;4H,2-3H2,1H3;1-4H2;1-4H2;1-3H2;17*1H3;1H4. The number of unbranched alkanes of at least 4 members (excludes halogenated alkanes) is 1. The van der Waals surface area contributed by atoms with Crippen molar-refractivity contribution < 1.29 is 176 Å². The van der Waals surface area contributed by atoms with E-state index in [0.717, 1.165) is 0 Å². The first-order chi connectivity index (χ1) is 38.8. The summed E-state index contributed by atoms with van der Waals surface area (Å²) in [6, 6.07) is 0. The zero-order valence-corrected chi connectivity index (χ0v) is 48.7. The molecule has 0 radical (unpaired) electrons. The van der Waals surface area contributed by atoms with Gasteiger partial charge in [0, 0.05) is 26.2 Å². The molecule has 0 aromatic heterocycles. The summed E-state index contributed by atoms with van der Waals surface area (Å²) in [6.07, 6.45) is -17.5. The monoisotopic (exact) mass is 1370 g/mol. The van der Waals surface area contributed by atoms with Gasteiger partial charge in [0.05, 0.1) is 188 Å². The average molecular weight is 1370 g/mol. The Morgan fingerprint density at radius 3 is 0.494 bits per heavy atom. The molecule has 0 amide bonds. The van der Waals surface area contributed by atoms with Crippen molar-refractivity contribution in [2.75, 3.05) is 189 Å². The van der Waals surface area contributed by atoms with Gasteiger partial charge in [-0.05, 0) is 12.8 Å². The molecule has 0 saturated heterocycles. The molecular formula is C43H93F39O. The fourth-order valence-electron chi connectivity index (χ4n) is 1.96. The third-order valence-electron chi connectivity index (χ3n) is 4.98. The van der Waals surface area contributed by atoms with E-state index in [1.54, 1.807) is 0 Å². The van der Waals surface area contributed by atoms with Gasteiger partial charge in [-0.25, -0.2) is 26.3 Å². The zero-order valence-electron chi connectivity index (χ0n) is 48.7. The molecular weight excluding hydrogens is 1270 g/mol. The van der Waals surface area contributed by atoms with Crippen molar-refractivity contribution in [2.24, 2.45) is 5.41 Å². The third-order valence-corrected chi connectivity index (χ3v) is 4.98. The molecule has 0 fully saturated rings. The van der Waals surface area contributed by atoms with Crippen LogP contribution in [-0.2, 0) is 4.74 Å². The van der Waals surface area contributed by atoms with Crippen molar-refractivity contribution in [3.05, 3.63) is 0 Å². The molecule has 0 bridgehead atoms. The maximum atomic E-state index is 12.3. The molecule has 0 atom stereocenters. The minimum absolute atomic E-state index is 0. The van der Waals surface area contributed by atoms with Crippen LogP contribution in [-0.4, -0.2) is 225 Å². The van der Waals surface area contributed by atoms with Gasteiger partial charge >= 0.3 is 24.1 Å². The summed E-state index contributed by atoms with van der Waals surface area (Å²) in [5.41, 5.74) is -3.48. The summed E-state index contributed by atoms with van der Waals surface area (Å²) < 4.78 is 423. The minimum atomic E-state index is -4.45. The topological polar surface area (TPSA) is 9.23 Å². The molecule has 0 aliphatic heterocycles. The summed E-state index contributed by atoms with van der Waals surface area (Å²) in [7, 11) is 8.50. The van der Waals surface area contributed by atoms with Crippen LogP contribution in [0.2, 0.25) is 0 Å². The second-order valence-corrected chi connectivity index (χ2v) is 8.97.